The van der Waals surface area contributed by atoms with Crippen LogP contribution >= 0.6 is 35.6 Å². The number of amides is 1. The lowest BCUT2D eigenvalue weighted by Crippen LogP contribution is -2.22. The molecule has 3 rings (SSSR count). The lowest BCUT2D eigenvalue weighted by atomic mass is 10.3. The summed E-state index contributed by atoms with van der Waals surface area (Å²) in [5.41, 5.74) is 2.38. The van der Waals surface area contributed by atoms with E-state index in [1.807, 2.05) is 73.7 Å². The molecule has 0 heterocycles. The predicted octanol–water partition coefficient (Wildman–Crippen LogP) is 6.27. The molecule has 3 N–H and O–H groups in total. The van der Waals surface area contributed by atoms with Crippen molar-refractivity contribution in [1.82, 2.24) is 0 Å². The SMILES string of the molecule is CC(Sc1cccc(NC(=S)Nc2ccccc2)c1)C(=O)Nc1ccccc1Cl. The molecule has 3 aromatic carbocycles. The van der Waals surface area contributed by atoms with Gasteiger partial charge in [-0.2, -0.15) is 0 Å². The first-order valence-corrected chi connectivity index (χ1v) is 10.6. The second kappa shape index (κ2) is 10.3. The highest BCUT2D eigenvalue weighted by Crippen LogP contribution is 2.28. The van der Waals surface area contributed by atoms with Crippen LogP contribution in [-0.4, -0.2) is 16.3 Å². The second-order valence-electron chi connectivity index (χ2n) is 6.20. The van der Waals surface area contributed by atoms with Crippen LogP contribution in [0.15, 0.2) is 83.8 Å². The first-order valence-electron chi connectivity index (χ1n) is 8.96. The van der Waals surface area contributed by atoms with Crippen LogP contribution in [0.5, 0.6) is 0 Å². The van der Waals surface area contributed by atoms with E-state index in [0.29, 0.717) is 15.8 Å². The molecule has 7 heteroatoms. The number of nitrogens with one attached hydrogen (secondary N) is 3. The average molecular weight is 442 g/mol. The zero-order valence-corrected chi connectivity index (χ0v) is 18.1. The van der Waals surface area contributed by atoms with Crippen LogP contribution < -0.4 is 16.0 Å². The van der Waals surface area contributed by atoms with E-state index < -0.39 is 0 Å². The minimum absolute atomic E-state index is 0.109. The Hall–Kier alpha value is -2.54. The Balaban J connectivity index is 1.58. The first-order chi connectivity index (χ1) is 14.0. The molecule has 0 aliphatic rings. The standard InChI is InChI=1S/C22H20ClN3OS2/c1-15(21(27)26-20-13-6-5-12-19(20)23)29-18-11-7-10-17(14-18)25-22(28)24-16-8-3-2-4-9-16/h2-15H,1H3,(H,26,27)(H2,24,25,28). The van der Waals surface area contributed by atoms with Crippen molar-refractivity contribution in [2.45, 2.75) is 17.1 Å². The van der Waals surface area contributed by atoms with Crippen molar-refractivity contribution in [2.75, 3.05) is 16.0 Å². The van der Waals surface area contributed by atoms with Crippen molar-refractivity contribution in [3.63, 3.8) is 0 Å². The molecule has 3 aromatic rings. The van der Waals surface area contributed by atoms with Crippen LogP contribution in [0.1, 0.15) is 6.92 Å². The summed E-state index contributed by atoms with van der Waals surface area (Å²) in [6, 6.07) is 24.7. The maximum atomic E-state index is 12.5. The Morgan fingerprint density at radius 1 is 0.897 bits per heavy atom. The highest BCUT2D eigenvalue weighted by Gasteiger charge is 2.16. The van der Waals surface area contributed by atoms with E-state index >= 15 is 0 Å². The lowest BCUT2D eigenvalue weighted by molar-refractivity contribution is -0.115. The number of rotatable bonds is 6. The van der Waals surface area contributed by atoms with E-state index in [-0.39, 0.29) is 11.2 Å². The van der Waals surface area contributed by atoms with Gasteiger partial charge in [0.25, 0.3) is 0 Å². The summed E-state index contributed by atoms with van der Waals surface area (Å²) >= 11 is 12.9. The molecule has 0 radical (unpaired) electrons. The minimum atomic E-state index is -0.295. The molecule has 0 aliphatic carbocycles. The molecular formula is C22H20ClN3OS2. The average Bonchev–Trinajstić information content (AvgIpc) is 2.70. The van der Waals surface area contributed by atoms with Gasteiger partial charge in [0.15, 0.2) is 5.11 Å². The molecule has 0 spiro atoms. The van der Waals surface area contributed by atoms with Gasteiger partial charge in [0.1, 0.15) is 0 Å². The fourth-order valence-corrected chi connectivity index (χ4v) is 3.86. The number of thiocarbonyl (C=S) groups is 1. The Kier molecular flexibility index (Phi) is 7.52. The van der Waals surface area contributed by atoms with Gasteiger partial charge in [0.2, 0.25) is 5.91 Å². The first kappa shape index (κ1) is 21.2. The maximum absolute atomic E-state index is 12.5. The number of anilines is 3. The largest absolute Gasteiger partial charge is 0.332 e. The Morgan fingerprint density at radius 2 is 1.55 bits per heavy atom. The van der Waals surface area contributed by atoms with E-state index in [2.05, 4.69) is 16.0 Å². The number of para-hydroxylation sites is 2. The van der Waals surface area contributed by atoms with E-state index in [9.17, 15) is 4.79 Å². The molecule has 0 saturated carbocycles. The van der Waals surface area contributed by atoms with E-state index in [1.54, 1.807) is 12.1 Å². The summed E-state index contributed by atoms with van der Waals surface area (Å²) in [4.78, 5) is 13.5. The molecule has 1 amide bonds. The van der Waals surface area contributed by atoms with Gasteiger partial charge in [-0.15, -0.1) is 11.8 Å². The molecular weight excluding hydrogens is 422 g/mol. The highest BCUT2D eigenvalue weighted by atomic mass is 35.5. The van der Waals surface area contributed by atoms with Gasteiger partial charge in [-0.1, -0.05) is 48.0 Å². The van der Waals surface area contributed by atoms with E-state index in [1.165, 1.54) is 11.8 Å². The molecule has 0 saturated heterocycles. The van der Waals surface area contributed by atoms with Gasteiger partial charge in [-0.3, -0.25) is 4.79 Å². The zero-order chi connectivity index (χ0) is 20.6. The summed E-state index contributed by atoms with van der Waals surface area (Å²) in [6.07, 6.45) is 0. The summed E-state index contributed by atoms with van der Waals surface area (Å²) < 4.78 is 0. The quantitative estimate of drug-likeness (QED) is 0.311. The Bertz CT molecular complexity index is 998. The highest BCUT2D eigenvalue weighted by molar-refractivity contribution is 8.00. The fraction of sp³-hybridized carbons (Fsp3) is 0.0909. The number of hydrogen-bond acceptors (Lipinski definition) is 3. The fourth-order valence-electron chi connectivity index (χ4n) is 2.52. The number of carbonyl (C=O) groups excluding carboxylic acids is 1. The van der Waals surface area contributed by atoms with E-state index in [0.717, 1.165) is 16.3 Å². The summed E-state index contributed by atoms with van der Waals surface area (Å²) in [5.74, 6) is -0.109. The molecule has 1 unspecified atom stereocenters. The van der Waals surface area contributed by atoms with Crippen LogP contribution in [0.25, 0.3) is 0 Å². The van der Waals surface area contributed by atoms with Crippen LogP contribution in [0.4, 0.5) is 17.1 Å². The van der Waals surface area contributed by atoms with Gasteiger partial charge in [-0.25, -0.2) is 0 Å². The Labute approximate surface area is 185 Å². The third-order valence-electron chi connectivity index (χ3n) is 3.94. The second-order valence-corrected chi connectivity index (χ2v) is 8.43. The molecule has 0 fully saturated rings. The van der Waals surface area contributed by atoms with Crippen LogP contribution in [0.2, 0.25) is 5.02 Å². The summed E-state index contributed by atoms with van der Waals surface area (Å²) in [5, 5.41) is 9.90. The summed E-state index contributed by atoms with van der Waals surface area (Å²) in [6.45, 7) is 1.86. The number of benzene rings is 3. The van der Waals surface area contributed by atoms with Crippen molar-refractivity contribution in [2.24, 2.45) is 0 Å². The molecule has 4 nitrogen and oxygen atoms in total. The zero-order valence-electron chi connectivity index (χ0n) is 15.7. The Morgan fingerprint density at radius 3 is 2.31 bits per heavy atom. The molecule has 0 aromatic heterocycles. The molecule has 29 heavy (non-hydrogen) atoms. The van der Waals surface area contributed by atoms with Crippen molar-refractivity contribution < 1.29 is 4.79 Å². The van der Waals surface area contributed by atoms with Gasteiger partial charge >= 0.3 is 0 Å². The predicted molar refractivity (Wildman–Crippen MR) is 128 cm³/mol. The normalized spacial score (nSPS) is 11.4. The van der Waals surface area contributed by atoms with Crippen LogP contribution in [0, 0.1) is 0 Å². The van der Waals surface area contributed by atoms with Gasteiger partial charge < -0.3 is 16.0 Å². The number of carbonyl (C=O) groups is 1. The number of halogens is 1. The summed E-state index contributed by atoms with van der Waals surface area (Å²) in [7, 11) is 0. The van der Waals surface area contributed by atoms with E-state index in [4.69, 9.17) is 23.8 Å². The van der Waals surface area contributed by atoms with Crippen molar-refractivity contribution >= 4 is 63.7 Å². The van der Waals surface area contributed by atoms with Gasteiger partial charge in [-0.05, 0) is 61.6 Å². The lowest BCUT2D eigenvalue weighted by Gasteiger charge is -2.14. The molecule has 148 valence electrons. The monoisotopic (exact) mass is 441 g/mol. The van der Waals surface area contributed by atoms with Crippen LogP contribution in [-0.2, 0) is 4.79 Å². The van der Waals surface area contributed by atoms with Crippen LogP contribution in [0.3, 0.4) is 0 Å². The number of hydrogen-bond donors (Lipinski definition) is 3. The van der Waals surface area contributed by atoms with Crippen molar-refractivity contribution in [1.29, 1.82) is 0 Å². The van der Waals surface area contributed by atoms with Gasteiger partial charge in [0, 0.05) is 16.3 Å². The third-order valence-corrected chi connectivity index (χ3v) is 5.56. The molecule has 0 aliphatic heterocycles. The van der Waals surface area contributed by atoms with Gasteiger partial charge in [0.05, 0.1) is 16.0 Å². The molecule has 0 bridgehead atoms. The van der Waals surface area contributed by atoms with Crippen molar-refractivity contribution in [3.05, 3.63) is 83.9 Å². The maximum Gasteiger partial charge on any atom is 0.237 e. The topological polar surface area (TPSA) is 53.2 Å². The number of thioether (sulfide) groups is 1. The smallest absolute Gasteiger partial charge is 0.237 e. The minimum Gasteiger partial charge on any atom is -0.332 e. The third kappa shape index (κ3) is 6.49. The molecule has 1 atom stereocenters. The van der Waals surface area contributed by atoms with Crippen molar-refractivity contribution in [3.8, 4) is 0 Å².